The minimum absolute atomic E-state index is 0.187. The molecule has 148 valence electrons. The van der Waals surface area contributed by atoms with Crippen LogP contribution in [0.25, 0.3) is 0 Å². The highest BCUT2D eigenvalue weighted by Crippen LogP contribution is 2.31. The van der Waals surface area contributed by atoms with Gasteiger partial charge in [0, 0.05) is 5.69 Å². The molecule has 1 aromatic carbocycles. The Labute approximate surface area is 161 Å². The molecule has 3 rings (SSSR count). The van der Waals surface area contributed by atoms with Crippen LogP contribution in [0, 0.1) is 17.8 Å². The number of hydrogen-bond donors (Lipinski definition) is 2. The van der Waals surface area contributed by atoms with Crippen molar-refractivity contribution in [3.63, 3.8) is 0 Å². The van der Waals surface area contributed by atoms with Crippen molar-refractivity contribution in [3.05, 3.63) is 24.3 Å². The molecule has 2 fully saturated rings. The van der Waals surface area contributed by atoms with Crippen LogP contribution in [0.15, 0.2) is 24.3 Å². The van der Waals surface area contributed by atoms with Gasteiger partial charge in [0.15, 0.2) is 0 Å². The van der Waals surface area contributed by atoms with Crippen LogP contribution in [0.1, 0.15) is 64.2 Å². The average molecular weight is 373 g/mol. The molecule has 0 heterocycles. The van der Waals surface area contributed by atoms with E-state index in [1.165, 1.54) is 32.1 Å². The second-order valence-corrected chi connectivity index (χ2v) is 7.99. The van der Waals surface area contributed by atoms with Crippen molar-refractivity contribution < 1.29 is 19.4 Å². The standard InChI is InChI=1S/C22H31NO4/c24-21(19-8-4-5-9-20(19)22(25)26)23-17-10-12-18(13-11-17)27-15-14-16-6-2-1-3-7-16/h10-13,16,19-20H,1-9,14-15H2,(H,23,24)(H,25,26)/t19-,20+/m1/s1. The SMILES string of the molecule is O=C(O)[C@H]1CCCC[C@H]1C(=O)Nc1ccc(OCCC2CCCCC2)cc1. The van der Waals surface area contributed by atoms with Crippen molar-refractivity contribution in [1.29, 1.82) is 0 Å². The molecule has 0 spiro atoms. The van der Waals surface area contributed by atoms with Crippen molar-refractivity contribution in [2.24, 2.45) is 17.8 Å². The molecule has 0 saturated heterocycles. The summed E-state index contributed by atoms with van der Waals surface area (Å²) in [6.45, 7) is 0.735. The van der Waals surface area contributed by atoms with E-state index in [1.807, 2.05) is 24.3 Å². The molecule has 5 nitrogen and oxygen atoms in total. The predicted molar refractivity (Wildman–Crippen MR) is 105 cm³/mol. The number of carbonyl (C=O) groups is 2. The molecular weight excluding hydrogens is 342 g/mol. The van der Waals surface area contributed by atoms with Crippen LogP contribution in [-0.4, -0.2) is 23.6 Å². The van der Waals surface area contributed by atoms with Gasteiger partial charge >= 0.3 is 5.97 Å². The normalized spacial score (nSPS) is 23.6. The minimum atomic E-state index is -0.864. The van der Waals surface area contributed by atoms with E-state index in [1.54, 1.807) is 0 Å². The van der Waals surface area contributed by atoms with Gasteiger partial charge in [-0.15, -0.1) is 0 Å². The Morgan fingerprint density at radius 3 is 2.22 bits per heavy atom. The summed E-state index contributed by atoms with van der Waals surface area (Å²) in [7, 11) is 0. The van der Waals surface area contributed by atoms with E-state index in [4.69, 9.17) is 4.74 Å². The molecule has 1 amide bonds. The largest absolute Gasteiger partial charge is 0.494 e. The number of hydrogen-bond acceptors (Lipinski definition) is 3. The summed E-state index contributed by atoms with van der Waals surface area (Å²) < 4.78 is 5.84. The number of benzene rings is 1. The fourth-order valence-corrected chi connectivity index (χ4v) is 4.43. The van der Waals surface area contributed by atoms with Gasteiger partial charge in [0.25, 0.3) is 0 Å². The molecule has 2 aliphatic carbocycles. The summed E-state index contributed by atoms with van der Waals surface area (Å²) in [5.41, 5.74) is 0.689. The zero-order chi connectivity index (χ0) is 19.1. The molecule has 2 saturated carbocycles. The van der Waals surface area contributed by atoms with E-state index in [2.05, 4.69) is 5.32 Å². The zero-order valence-electron chi connectivity index (χ0n) is 16.0. The van der Waals surface area contributed by atoms with Crippen LogP contribution < -0.4 is 10.1 Å². The Bertz CT molecular complexity index is 622. The number of amides is 1. The molecule has 0 bridgehead atoms. The van der Waals surface area contributed by atoms with Gasteiger partial charge in [-0.05, 0) is 49.4 Å². The highest BCUT2D eigenvalue weighted by atomic mass is 16.5. The maximum absolute atomic E-state index is 12.5. The first-order valence-corrected chi connectivity index (χ1v) is 10.4. The zero-order valence-corrected chi connectivity index (χ0v) is 16.0. The Balaban J connectivity index is 1.46. The summed E-state index contributed by atoms with van der Waals surface area (Å²) in [5.74, 6) is -0.451. The minimum Gasteiger partial charge on any atom is -0.494 e. The highest BCUT2D eigenvalue weighted by Gasteiger charge is 2.35. The molecule has 0 aliphatic heterocycles. The Morgan fingerprint density at radius 1 is 0.926 bits per heavy atom. The molecule has 0 radical (unpaired) electrons. The number of ether oxygens (including phenoxy) is 1. The fourth-order valence-electron chi connectivity index (χ4n) is 4.43. The van der Waals surface area contributed by atoms with Crippen molar-refractivity contribution in [2.75, 3.05) is 11.9 Å². The molecule has 5 heteroatoms. The lowest BCUT2D eigenvalue weighted by Crippen LogP contribution is -2.36. The predicted octanol–water partition coefficient (Wildman–Crippen LogP) is 4.87. The Kier molecular flexibility index (Phi) is 7.13. The number of carboxylic acids is 1. The number of nitrogens with one attached hydrogen (secondary N) is 1. The first-order valence-electron chi connectivity index (χ1n) is 10.4. The van der Waals surface area contributed by atoms with Crippen molar-refractivity contribution in [2.45, 2.75) is 64.2 Å². The summed E-state index contributed by atoms with van der Waals surface area (Å²) in [4.78, 5) is 23.9. The first kappa shape index (κ1) is 19.7. The summed E-state index contributed by atoms with van der Waals surface area (Å²) >= 11 is 0. The van der Waals surface area contributed by atoms with Crippen LogP contribution in [0.2, 0.25) is 0 Å². The lowest BCUT2D eigenvalue weighted by Gasteiger charge is -2.27. The number of carbonyl (C=O) groups excluding carboxylic acids is 1. The maximum Gasteiger partial charge on any atom is 0.307 e. The molecular formula is C22H31NO4. The number of anilines is 1. The van der Waals surface area contributed by atoms with E-state index >= 15 is 0 Å². The van der Waals surface area contributed by atoms with Gasteiger partial charge in [-0.25, -0.2) is 0 Å². The molecule has 2 atom stereocenters. The van der Waals surface area contributed by atoms with Gasteiger partial charge in [0.2, 0.25) is 5.91 Å². The monoisotopic (exact) mass is 373 g/mol. The second kappa shape index (κ2) is 9.77. The molecule has 0 aromatic heterocycles. The quantitative estimate of drug-likeness (QED) is 0.715. The lowest BCUT2D eigenvalue weighted by atomic mass is 9.78. The van der Waals surface area contributed by atoms with Gasteiger partial charge in [-0.1, -0.05) is 44.9 Å². The van der Waals surface area contributed by atoms with E-state index in [0.29, 0.717) is 18.5 Å². The summed E-state index contributed by atoms with van der Waals surface area (Å²) in [5, 5.41) is 12.2. The van der Waals surface area contributed by atoms with Crippen LogP contribution >= 0.6 is 0 Å². The third-order valence-electron chi connectivity index (χ3n) is 6.06. The van der Waals surface area contributed by atoms with Gasteiger partial charge in [0.05, 0.1) is 18.4 Å². The molecule has 0 unspecified atom stereocenters. The van der Waals surface area contributed by atoms with Gasteiger partial charge in [0.1, 0.15) is 5.75 Å². The summed E-state index contributed by atoms with van der Waals surface area (Å²) in [6, 6.07) is 7.39. The number of rotatable bonds is 7. The van der Waals surface area contributed by atoms with Crippen molar-refractivity contribution in [3.8, 4) is 5.75 Å². The fraction of sp³-hybridized carbons (Fsp3) is 0.636. The summed E-state index contributed by atoms with van der Waals surface area (Å²) in [6.07, 6.45) is 10.9. The van der Waals surface area contributed by atoms with Gasteiger partial charge in [-0.3, -0.25) is 9.59 Å². The van der Waals surface area contributed by atoms with E-state index < -0.39 is 17.8 Å². The third kappa shape index (κ3) is 5.72. The van der Waals surface area contributed by atoms with Gasteiger partial charge < -0.3 is 15.2 Å². The van der Waals surface area contributed by atoms with Crippen LogP contribution in [0.3, 0.4) is 0 Å². The number of aliphatic carboxylic acids is 1. The van der Waals surface area contributed by atoms with Crippen molar-refractivity contribution >= 4 is 17.6 Å². The molecule has 27 heavy (non-hydrogen) atoms. The Morgan fingerprint density at radius 2 is 1.56 bits per heavy atom. The Hall–Kier alpha value is -2.04. The topological polar surface area (TPSA) is 75.6 Å². The average Bonchev–Trinajstić information content (AvgIpc) is 2.70. The highest BCUT2D eigenvalue weighted by molar-refractivity contribution is 5.95. The molecule has 2 aliphatic rings. The van der Waals surface area contributed by atoms with Crippen LogP contribution in [0.4, 0.5) is 5.69 Å². The maximum atomic E-state index is 12.5. The molecule has 2 N–H and O–H groups in total. The second-order valence-electron chi connectivity index (χ2n) is 7.99. The van der Waals surface area contributed by atoms with E-state index in [9.17, 15) is 14.7 Å². The van der Waals surface area contributed by atoms with Gasteiger partial charge in [-0.2, -0.15) is 0 Å². The van der Waals surface area contributed by atoms with E-state index in [-0.39, 0.29) is 5.91 Å². The third-order valence-corrected chi connectivity index (χ3v) is 6.06. The first-order chi connectivity index (χ1) is 13.1. The van der Waals surface area contributed by atoms with E-state index in [0.717, 1.165) is 37.5 Å². The lowest BCUT2D eigenvalue weighted by molar-refractivity contribution is -0.147. The van der Waals surface area contributed by atoms with Crippen molar-refractivity contribution in [1.82, 2.24) is 0 Å². The number of carboxylic acid groups (broad SMARTS) is 1. The smallest absolute Gasteiger partial charge is 0.307 e. The van der Waals surface area contributed by atoms with Crippen LogP contribution in [-0.2, 0) is 9.59 Å². The van der Waals surface area contributed by atoms with Crippen LogP contribution in [0.5, 0.6) is 5.75 Å². The molecule has 1 aromatic rings.